The van der Waals surface area contributed by atoms with Gasteiger partial charge in [-0.05, 0) is 6.07 Å². The van der Waals surface area contributed by atoms with Crippen molar-refractivity contribution in [2.75, 3.05) is 37.9 Å². The van der Waals surface area contributed by atoms with Crippen LogP contribution >= 0.6 is 0 Å². The van der Waals surface area contributed by atoms with Gasteiger partial charge in [-0.1, -0.05) is 0 Å². The minimum atomic E-state index is -0.499. The van der Waals surface area contributed by atoms with E-state index >= 15 is 0 Å². The molecule has 0 bridgehead atoms. The molecule has 3 aliphatic rings. The number of piperidine rings is 1. The molecule has 4 rings (SSSR count). The first-order valence-electron chi connectivity index (χ1n) is 7.95. The average Bonchev–Trinajstić information content (AvgIpc) is 2.80. The van der Waals surface area contributed by atoms with Crippen molar-refractivity contribution < 1.29 is 29.1 Å². The maximum Gasteiger partial charge on any atom is 0.303 e. The summed E-state index contributed by atoms with van der Waals surface area (Å²) in [4.78, 5) is 27.3. The van der Waals surface area contributed by atoms with Crippen molar-refractivity contribution in [1.29, 1.82) is 0 Å². The zero-order valence-electron chi connectivity index (χ0n) is 12.7. The quantitative estimate of drug-likeness (QED) is 0.683. The molecule has 3 aliphatic heterocycles. The number of ether oxygens (including phenoxy) is 2. The largest absolute Gasteiger partial charge is 0.486 e. The molecule has 1 amide bonds. The molecule has 7 heteroatoms. The monoisotopic (exact) mass is 319 g/mol. The molecule has 0 spiro atoms. The van der Waals surface area contributed by atoms with Crippen molar-refractivity contribution in [2.24, 2.45) is 0 Å². The minimum absolute atomic E-state index is 0.250. The number of carbonyl (C=O) groups excluding carboxylic acids is 2. The smallest absolute Gasteiger partial charge is 0.303 e. The van der Waals surface area contributed by atoms with Gasteiger partial charge >= 0.3 is 5.91 Å². The highest BCUT2D eigenvalue weighted by Crippen LogP contribution is 2.40. The predicted octanol–water partition coefficient (Wildman–Crippen LogP) is -1.02. The van der Waals surface area contributed by atoms with Gasteiger partial charge in [0, 0.05) is 18.9 Å². The van der Waals surface area contributed by atoms with Gasteiger partial charge in [-0.2, -0.15) is 0 Å². The second-order valence-electron chi connectivity index (χ2n) is 6.21. The summed E-state index contributed by atoms with van der Waals surface area (Å²) < 4.78 is 11.0. The molecule has 1 fully saturated rings. The van der Waals surface area contributed by atoms with Crippen LogP contribution in [-0.2, 0) is 4.79 Å². The highest BCUT2D eigenvalue weighted by Gasteiger charge is 2.40. The third-order valence-electron chi connectivity index (χ3n) is 4.68. The molecular weight excluding hydrogens is 300 g/mol. The number of hydrogen-bond acceptors (Lipinski definition) is 5. The fourth-order valence-electron chi connectivity index (χ4n) is 3.38. The zero-order valence-corrected chi connectivity index (χ0v) is 12.7. The molecule has 2 N–H and O–H groups in total. The van der Waals surface area contributed by atoms with Crippen molar-refractivity contribution in [2.45, 2.75) is 18.9 Å². The number of fused-ring (bicyclic) bond motifs is 2. The molecule has 0 aliphatic carbocycles. The average molecular weight is 319 g/mol. The second kappa shape index (κ2) is 5.50. The Bertz CT molecular complexity index is 667. The Morgan fingerprint density at radius 2 is 1.78 bits per heavy atom. The van der Waals surface area contributed by atoms with E-state index in [0.29, 0.717) is 42.6 Å². The minimum Gasteiger partial charge on any atom is -0.486 e. The normalized spacial score (nSPS) is 26.4. The van der Waals surface area contributed by atoms with Crippen LogP contribution in [0.2, 0.25) is 0 Å². The van der Waals surface area contributed by atoms with Crippen LogP contribution in [-0.4, -0.2) is 55.9 Å². The molecule has 0 aromatic heterocycles. The van der Waals surface area contributed by atoms with Crippen molar-refractivity contribution >= 4 is 17.4 Å². The second-order valence-corrected chi connectivity index (χ2v) is 6.21. The van der Waals surface area contributed by atoms with E-state index in [4.69, 9.17) is 9.47 Å². The number of amides is 1. The van der Waals surface area contributed by atoms with Gasteiger partial charge in [-0.15, -0.1) is 0 Å². The standard InChI is InChI=1S/C16H18N2O5/c19-10-1-3-17(4-2-10)9-18-12-8-14-13(22-5-6-23-14)7-11(12)15(20)16(18)21/h7-8,10,19H,1-6,9H2/p+1. The lowest BCUT2D eigenvalue weighted by molar-refractivity contribution is -0.904. The molecule has 0 unspecified atom stereocenters. The van der Waals surface area contributed by atoms with Crippen molar-refractivity contribution in [1.82, 2.24) is 0 Å². The highest BCUT2D eigenvalue weighted by atomic mass is 16.6. The number of aliphatic hydroxyl groups is 1. The third kappa shape index (κ3) is 2.46. The van der Waals surface area contributed by atoms with Crippen molar-refractivity contribution in [3.8, 4) is 11.5 Å². The number of Topliss-reactive ketones (excluding diaryl/α,β-unsaturated/α-hetero) is 1. The van der Waals surface area contributed by atoms with E-state index in [1.807, 2.05) is 0 Å². The van der Waals surface area contributed by atoms with Crippen LogP contribution in [0.3, 0.4) is 0 Å². The summed E-state index contributed by atoms with van der Waals surface area (Å²) >= 11 is 0. The maximum atomic E-state index is 12.3. The SMILES string of the molecule is O=C1C(=O)N(C[NH+]2CCC(O)CC2)c2cc3c(cc21)OCCO3. The molecule has 0 saturated carbocycles. The number of nitrogens with zero attached hydrogens (tertiary/aromatic N) is 1. The summed E-state index contributed by atoms with van der Waals surface area (Å²) in [5, 5.41) is 9.59. The van der Waals surface area contributed by atoms with E-state index in [9.17, 15) is 14.7 Å². The van der Waals surface area contributed by atoms with Crippen LogP contribution in [0.4, 0.5) is 5.69 Å². The van der Waals surface area contributed by atoms with E-state index in [0.717, 1.165) is 25.9 Å². The topological polar surface area (TPSA) is 80.5 Å². The predicted molar refractivity (Wildman–Crippen MR) is 80.1 cm³/mol. The van der Waals surface area contributed by atoms with E-state index in [-0.39, 0.29) is 6.10 Å². The number of rotatable bonds is 2. The number of benzene rings is 1. The number of aliphatic hydroxyl groups excluding tert-OH is 1. The van der Waals surface area contributed by atoms with E-state index in [1.165, 1.54) is 9.80 Å². The van der Waals surface area contributed by atoms with Crippen molar-refractivity contribution in [3.05, 3.63) is 17.7 Å². The van der Waals surface area contributed by atoms with Crippen LogP contribution < -0.4 is 19.3 Å². The number of hydrogen-bond donors (Lipinski definition) is 2. The Hall–Kier alpha value is -2.12. The maximum absolute atomic E-state index is 12.3. The summed E-state index contributed by atoms with van der Waals surface area (Å²) in [6.07, 6.45) is 1.19. The number of carbonyl (C=O) groups is 2. The number of nitrogens with one attached hydrogen (secondary N) is 1. The van der Waals surface area contributed by atoms with Gasteiger partial charge in [-0.25, -0.2) is 0 Å². The summed E-state index contributed by atoms with van der Waals surface area (Å²) in [5.41, 5.74) is 0.985. The summed E-state index contributed by atoms with van der Waals surface area (Å²) in [7, 11) is 0. The molecular formula is C16H19N2O5+. The molecule has 1 aromatic carbocycles. The lowest BCUT2D eigenvalue weighted by Crippen LogP contribution is -3.15. The molecule has 1 aromatic rings. The Balaban J connectivity index is 1.62. The first-order valence-corrected chi connectivity index (χ1v) is 7.95. The van der Waals surface area contributed by atoms with E-state index in [2.05, 4.69) is 0 Å². The highest BCUT2D eigenvalue weighted by molar-refractivity contribution is 6.52. The van der Waals surface area contributed by atoms with Crippen LogP contribution in [0.1, 0.15) is 23.2 Å². The Morgan fingerprint density at radius 3 is 2.48 bits per heavy atom. The molecule has 0 atom stereocenters. The molecule has 23 heavy (non-hydrogen) atoms. The number of quaternary nitrogens is 1. The number of ketones is 1. The summed E-state index contributed by atoms with van der Waals surface area (Å²) in [5.74, 6) is 0.104. The van der Waals surface area contributed by atoms with E-state index < -0.39 is 11.7 Å². The lowest BCUT2D eigenvalue weighted by Gasteiger charge is -2.30. The fraction of sp³-hybridized carbons (Fsp3) is 0.500. The molecule has 7 nitrogen and oxygen atoms in total. The molecule has 3 heterocycles. The molecule has 122 valence electrons. The van der Waals surface area contributed by atoms with Crippen LogP contribution in [0.5, 0.6) is 11.5 Å². The lowest BCUT2D eigenvalue weighted by atomic mass is 10.1. The van der Waals surface area contributed by atoms with Crippen LogP contribution in [0.25, 0.3) is 0 Å². The number of anilines is 1. The Kier molecular flexibility index (Phi) is 3.46. The van der Waals surface area contributed by atoms with Gasteiger partial charge in [0.25, 0.3) is 5.78 Å². The van der Waals surface area contributed by atoms with Gasteiger partial charge in [0.2, 0.25) is 0 Å². The summed E-state index contributed by atoms with van der Waals surface area (Å²) in [6.45, 7) is 2.92. The van der Waals surface area contributed by atoms with E-state index in [1.54, 1.807) is 12.1 Å². The van der Waals surface area contributed by atoms with Crippen LogP contribution in [0, 0.1) is 0 Å². The van der Waals surface area contributed by atoms with Crippen molar-refractivity contribution in [3.63, 3.8) is 0 Å². The van der Waals surface area contributed by atoms with Gasteiger partial charge < -0.3 is 19.5 Å². The fourth-order valence-corrected chi connectivity index (χ4v) is 3.38. The molecule has 0 radical (unpaired) electrons. The zero-order chi connectivity index (χ0) is 16.0. The van der Waals surface area contributed by atoms with Gasteiger partial charge in [-0.3, -0.25) is 14.5 Å². The first-order chi connectivity index (χ1) is 11.1. The molecule has 1 saturated heterocycles. The van der Waals surface area contributed by atoms with Crippen LogP contribution in [0.15, 0.2) is 12.1 Å². The Labute approximate surface area is 133 Å². The van der Waals surface area contributed by atoms with Gasteiger partial charge in [0.05, 0.1) is 30.4 Å². The Morgan fingerprint density at radius 1 is 1.13 bits per heavy atom. The van der Waals surface area contributed by atoms with Gasteiger partial charge in [0.15, 0.2) is 18.2 Å². The van der Waals surface area contributed by atoms with Gasteiger partial charge in [0.1, 0.15) is 13.2 Å². The first kappa shape index (κ1) is 14.5. The number of likely N-dealkylation sites (tertiary alicyclic amines) is 1. The third-order valence-corrected chi connectivity index (χ3v) is 4.68. The summed E-state index contributed by atoms with van der Waals surface area (Å²) in [6, 6.07) is 3.34.